The second-order valence-corrected chi connectivity index (χ2v) is 5.20. The van der Waals surface area contributed by atoms with Gasteiger partial charge in [0.05, 0.1) is 5.69 Å². The summed E-state index contributed by atoms with van der Waals surface area (Å²) >= 11 is 0. The number of hydrogen-bond donors (Lipinski definition) is 2. The summed E-state index contributed by atoms with van der Waals surface area (Å²) in [6.07, 6.45) is 1.25. The Morgan fingerprint density at radius 1 is 1.33 bits per heavy atom. The minimum absolute atomic E-state index is 0.247. The van der Waals surface area contributed by atoms with Crippen LogP contribution in [0.1, 0.15) is 35.0 Å². The third-order valence-electron chi connectivity index (χ3n) is 3.88. The summed E-state index contributed by atoms with van der Waals surface area (Å²) in [7, 11) is 1.89. The zero-order valence-corrected chi connectivity index (χ0v) is 12.5. The van der Waals surface area contributed by atoms with Crippen LogP contribution in [0.15, 0.2) is 18.2 Å². The van der Waals surface area contributed by atoms with Crippen molar-refractivity contribution in [2.45, 2.75) is 32.7 Å². The van der Waals surface area contributed by atoms with E-state index in [1.807, 2.05) is 25.6 Å². The Morgan fingerprint density at radius 2 is 2.05 bits per heavy atom. The molecule has 0 aliphatic rings. The highest BCUT2D eigenvalue weighted by Crippen LogP contribution is 2.24. The van der Waals surface area contributed by atoms with Crippen LogP contribution in [0, 0.1) is 25.5 Å². The molecule has 2 rings (SSSR count). The molecule has 4 nitrogen and oxygen atoms in total. The third kappa shape index (κ3) is 3.28. The molecule has 2 aromatic rings. The monoisotopic (exact) mass is 294 g/mol. The van der Waals surface area contributed by atoms with Crippen LogP contribution in [0.25, 0.3) is 0 Å². The lowest BCUT2D eigenvalue weighted by Crippen LogP contribution is -2.29. The predicted molar refractivity (Wildman–Crippen MR) is 77.4 cm³/mol. The Hall–Kier alpha value is -1.79. The largest absolute Gasteiger partial charge is 0.272 e. The number of rotatable bonds is 5. The maximum absolute atomic E-state index is 13.8. The molecular weight excluding hydrogens is 274 g/mol. The van der Waals surface area contributed by atoms with Gasteiger partial charge in [0.2, 0.25) is 0 Å². The van der Waals surface area contributed by atoms with E-state index in [4.69, 9.17) is 5.84 Å². The van der Waals surface area contributed by atoms with Crippen molar-refractivity contribution in [3.8, 4) is 0 Å². The van der Waals surface area contributed by atoms with Crippen molar-refractivity contribution in [2.75, 3.05) is 0 Å². The summed E-state index contributed by atoms with van der Waals surface area (Å²) in [4.78, 5) is 0. The Labute approximate surface area is 122 Å². The quantitative estimate of drug-likeness (QED) is 0.658. The fourth-order valence-electron chi connectivity index (χ4n) is 2.58. The van der Waals surface area contributed by atoms with E-state index in [0.29, 0.717) is 12.8 Å². The van der Waals surface area contributed by atoms with Crippen LogP contribution in [0.2, 0.25) is 0 Å². The van der Waals surface area contributed by atoms with E-state index >= 15 is 0 Å². The Balaban J connectivity index is 2.18. The molecule has 114 valence electrons. The van der Waals surface area contributed by atoms with Gasteiger partial charge in [0.15, 0.2) is 0 Å². The van der Waals surface area contributed by atoms with Gasteiger partial charge in [-0.2, -0.15) is 5.10 Å². The first-order valence-corrected chi connectivity index (χ1v) is 6.84. The summed E-state index contributed by atoms with van der Waals surface area (Å²) < 4.78 is 28.9. The molecule has 0 amide bonds. The zero-order valence-electron chi connectivity index (χ0n) is 12.5. The van der Waals surface area contributed by atoms with Gasteiger partial charge in [-0.15, -0.1) is 0 Å². The molecular formula is C15H20F2N4. The van der Waals surface area contributed by atoms with Gasteiger partial charge in [0, 0.05) is 24.3 Å². The molecule has 1 aromatic heterocycles. The van der Waals surface area contributed by atoms with E-state index in [-0.39, 0.29) is 5.56 Å². The Bertz CT molecular complexity index is 637. The van der Waals surface area contributed by atoms with E-state index in [2.05, 4.69) is 10.5 Å². The topological polar surface area (TPSA) is 55.9 Å². The molecule has 1 atom stereocenters. The number of hydrogen-bond acceptors (Lipinski definition) is 3. The number of hydrazine groups is 1. The fourth-order valence-corrected chi connectivity index (χ4v) is 2.58. The van der Waals surface area contributed by atoms with Gasteiger partial charge >= 0.3 is 0 Å². The number of aryl methyl sites for hydroxylation is 2. The second-order valence-electron chi connectivity index (χ2n) is 5.20. The number of nitrogens with zero attached hydrogens (tertiary/aromatic N) is 2. The average Bonchev–Trinajstić information content (AvgIpc) is 2.69. The van der Waals surface area contributed by atoms with Crippen molar-refractivity contribution in [1.82, 2.24) is 15.2 Å². The van der Waals surface area contributed by atoms with Crippen LogP contribution in [0.5, 0.6) is 0 Å². The molecule has 0 spiro atoms. The molecule has 0 radical (unpaired) electrons. The number of nitrogens with one attached hydrogen (secondary N) is 1. The predicted octanol–water partition coefficient (Wildman–Crippen LogP) is 2.45. The zero-order chi connectivity index (χ0) is 15.6. The minimum atomic E-state index is -0.472. The molecule has 0 aliphatic heterocycles. The van der Waals surface area contributed by atoms with Crippen molar-refractivity contribution in [3.63, 3.8) is 0 Å². The molecule has 6 heteroatoms. The standard InChI is InChI=1S/C15H20F2N4/c1-9-12(10(2)21(3)20-9)5-7-15(19-18)13-8-11(16)4-6-14(13)17/h4,6,8,15,19H,5,7,18H2,1-3H3. The highest BCUT2D eigenvalue weighted by molar-refractivity contribution is 5.26. The first-order chi connectivity index (χ1) is 9.93. The van der Waals surface area contributed by atoms with Crippen LogP contribution < -0.4 is 11.3 Å². The van der Waals surface area contributed by atoms with Crippen molar-refractivity contribution in [3.05, 3.63) is 52.3 Å². The lowest BCUT2D eigenvalue weighted by molar-refractivity contribution is 0.479. The van der Waals surface area contributed by atoms with Crippen LogP contribution in [-0.2, 0) is 13.5 Å². The van der Waals surface area contributed by atoms with E-state index in [9.17, 15) is 8.78 Å². The van der Waals surface area contributed by atoms with Crippen molar-refractivity contribution < 1.29 is 8.78 Å². The average molecular weight is 294 g/mol. The van der Waals surface area contributed by atoms with E-state index in [1.54, 1.807) is 0 Å². The van der Waals surface area contributed by atoms with E-state index in [1.165, 1.54) is 6.07 Å². The summed E-state index contributed by atoms with van der Waals surface area (Å²) in [5.74, 6) is 4.58. The molecule has 0 aliphatic carbocycles. The maximum Gasteiger partial charge on any atom is 0.128 e. The molecule has 0 fully saturated rings. The smallest absolute Gasteiger partial charge is 0.128 e. The van der Waals surface area contributed by atoms with Gasteiger partial charge in [-0.3, -0.25) is 16.0 Å². The maximum atomic E-state index is 13.8. The number of halogens is 2. The summed E-state index contributed by atoms with van der Waals surface area (Å²) in [6.45, 7) is 3.93. The Kier molecular flexibility index (Phi) is 4.69. The normalized spacial score (nSPS) is 12.7. The van der Waals surface area contributed by atoms with E-state index < -0.39 is 17.7 Å². The van der Waals surface area contributed by atoms with Gasteiger partial charge < -0.3 is 0 Å². The minimum Gasteiger partial charge on any atom is -0.272 e. The highest BCUT2D eigenvalue weighted by atomic mass is 19.1. The highest BCUT2D eigenvalue weighted by Gasteiger charge is 2.17. The Morgan fingerprint density at radius 3 is 2.62 bits per heavy atom. The van der Waals surface area contributed by atoms with Gasteiger partial charge in [0.1, 0.15) is 11.6 Å². The van der Waals surface area contributed by atoms with Gasteiger partial charge in [-0.1, -0.05) is 0 Å². The van der Waals surface area contributed by atoms with Crippen molar-refractivity contribution in [1.29, 1.82) is 0 Å². The molecule has 0 saturated carbocycles. The SMILES string of the molecule is Cc1nn(C)c(C)c1CCC(NN)c1cc(F)ccc1F. The molecule has 1 aromatic carbocycles. The van der Waals surface area contributed by atoms with Crippen LogP contribution in [-0.4, -0.2) is 9.78 Å². The second kappa shape index (κ2) is 6.32. The molecule has 1 heterocycles. The van der Waals surface area contributed by atoms with Crippen LogP contribution >= 0.6 is 0 Å². The van der Waals surface area contributed by atoms with Crippen LogP contribution in [0.3, 0.4) is 0 Å². The molecule has 1 unspecified atom stereocenters. The number of aromatic nitrogens is 2. The number of nitrogens with two attached hydrogens (primary N) is 1. The summed E-state index contributed by atoms with van der Waals surface area (Å²) in [5.41, 5.74) is 5.96. The van der Waals surface area contributed by atoms with Gasteiger partial charge in [0.25, 0.3) is 0 Å². The first-order valence-electron chi connectivity index (χ1n) is 6.84. The molecule has 0 saturated heterocycles. The molecule has 21 heavy (non-hydrogen) atoms. The van der Waals surface area contributed by atoms with Gasteiger partial charge in [-0.25, -0.2) is 8.78 Å². The molecule has 3 N–H and O–H groups in total. The summed E-state index contributed by atoms with van der Waals surface area (Å²) in [6, 6.07) is 2.96. The molecule has 0 bridgehead atoms. The van der Waals surface area contributed by atoms with Crippen molar-refractivity contribution in [2.24, 2.45) is 12.9 Å². The van der Waals surface area contributed by atoms with Gasteiger partial charge in [-0.05, 0) is 50.5 Å². The number of benzene rings is 1. The summed E-state index contributed by atoms with van der Waals surface area (Å²) in [5, 5.41) is 4.35. The third-order valence-corrected chi connectivity index (χ3v) is 3.88. The van der Waals surface area contributed by atoms with Crippen LogP contribution in [0.4, 0.5) is 8.78 Å². The van der Waals surface area contributed by atoms with E-state index in [0.717, 1.165) is 29.1 Å². The van der Waals surface area contributed by atoms with Crippen molar-refractivity contribution >= 4 is 0 Å². The first kappa shape index (κ1) is 15.6. The lowest BCUT2D eigenvalue weighted by atomic mass is 9.98. The fraction of sp³-hybridized carbons (Fsp3) is 0.400. The lowest BCUT2D eigenvalue weighted by Gasteiger charge is -2.17.